The molecule has 1 heterocycles. The van der Waals surface area contributed by atoms with Crippen LogP contribution in [-0.4, -0.2) is 81.7 Å². The highest BCUT2D eigenvalue weighted by Crippen LogP contribution is 2.22. The van der Waals surface area contributed by atoms with Crippen LogP contribution in [-0.2, 0) is 43.3 Å². The highest BCUT2D eigenvalue weighted by atomic mass is 16.6. The normalized spacial score (nSPS) is 13.7. The molecule has 0 saturated carbocycles. The van der Waals surface area contributed by atoms with Crippen molar-refractivity contribution in [2.24, 2.45) is 0 Å². The van der Waals surface area contributed by atoms with Crippen LogP contribution in [0.5, 0.6) is 0 Å². The molecule has 0 radical (unpaired) electrons. The molecule has 0 aliphatic carbocycles. The number of rotatable bonds is 14. The van der Waals surface area contributed by atoms with E-state index in [0.29, 0.717) is 29.4 Å². The van der Waals surface area contributed by atoms with Crippen molar-refractivity contribution in [3.63, 3.8) is 0 Å². The smallest absolute Gasteiger partial charge is 0.408 e. The van der Waals surface area contributed by atoms with Gasteiger partial charge in [-0.2, -0.15) is 0 Å². The molecule has 50 heavy (non-hydrogen) atoms. The van der Waals surface area contributed by atoms with E-state index >= 15 is 0 Å². The molecule has 12 nitrogen and oxygen atoms in total. The third-order valence-corrected chi connectivity index (χ3v) is 7.97. The first-order valence-corrected chi connectivity index (χ1v) is 16.4. The molecule has 4 rings (SSSR count). The molecule has 0 spiro atoms. The molecule has 0 unspecified atom stereocenters. The fourth-order valence-corrected chi connectivity index (χ4v) is 5.58. The van der Waals surface area contributed by atoms with Gasteiger partial charge in [0.15, 0.2) is 0 Å². The van der Waals surface area contributed by atoms with E-state index in [9.17, 15) is 29.1 Å². The van der Waals surface area contributed by atoms with Gasteiger partial charge in [-0.05, 0) is 50.5 Å². The van der Waals surface area contributed by atoms with E-state index in [4.69, 9.17) is 4.74 Å². The molecule has 0 fully saturated rings. The molecule has 1 aromatic heterocycles. The first-order chi connectivity index (χ1) is 23.8. The van der Waals surface area contributed by atoms with Gasteiger partial charge in [0.05, 0.1) is 11.6 Å². The molecular formula is C38H45N5O7. The molecule has 3 aromatic carbocycles. The maximum atomic E-state index is 14.2. The lowest BCUT2D eigenvalue weighted by atomic mass is 10.0. The van der Waals surface area contributed by atoms with Crippen LogP contribution in [0, 0.1) is 0 Å². The van der Waals surface area contributed by atoms with Crippen molar-refractivity contribution < 1.29 is 33.8 Å². The van der Waals surface area contributed by atoms with Crippen molar-refractivity contribution in [1.82, 2.24) is 25.4 Å². The zero-order valence-corrected chi connectivity index (χ0v) is 29.0. The molecule has 4 aromatic rings. The third kappa shape index (κ3) is 10.3. The Balaban J connectivity index is 1.66. The molecule has 4 amide bonds. The maximum Gasteiger partial charge on any atom is 0.408 e. The van der Waals surface area contributed by atoms with Crippen LogP contribution < -0.4 is 16.0 Å². The van der Waals surface area contributed by atoms with Gasteiger partial charge in [0.25, 0.3) is 0 Å². The van der Waals surface area contributed by atoms with Crippen LogP contribution in [0.3, 0.4) is 0 Å². The summed E-state index contributed by atoms with van der Waals surface area (Å²) in [4.78, 5) is 67.8. The summed E-state index contributed by atoms with van der Waals surface area (Å²) in [6.45, 7) is 6.60. The van der Waals surface area contributed by atoms with Crippen molar-refractivity contribution in [1.29, 1.82) is 0 Å². The van der Waals surface area contributed by atoms with Crippen LogP contribution in [0.15, 0.2) is 91.1 Å². The van der Waals surface area contributed by atoms with Crippen molar-refractivity contribution in [3.05, 3.63) is 108 Å². The fraction of sp³-hybridized carbons (Fsp3) is 0.342. The minimum absolute atomic E-state index is 0.0794. The molecule has 264 valence electrons. The summed E-state index contributed by atoms with van der Waals surface area (Å²) in [5, 5.41) is 19.1. The number of nitrogens with zero attached hydrogens (tertiary/aromatic N) is 2. The third-order valence-electron chi connectivity index (χ3n) is 7.97. The van der Waals surface area contributed by atoms with E-state index in [0.717, 1.165) is 11.1 Å². The number of likely N-dealkylation sites (N-methyl/N-ethyl adjacent to an activating group) is 1. The van der Waals surface area contributed by atoms with Crippen LogP contribution in [0.4, 0.5) is 4.79 Å². The Bertz CT molecular complexity index is 1780. The summed E-state index contributed by atoms with van der Waals surface area (Å²) >= 11 is 0. The zero-order valence-electron chi connectivity index (χ0n) is 29.0. The van der Waals surface area contributed by atoms with Crippen LogP contribution in [0.2, 0.25) is 0 Å². The number of benzene rings is 3. The summed E-state index contributed by atoms with van der Waals surface area (Å²) in [6.07, 6.45) is 0.0296. The Morgan fingerprint density at radius 3 is 2.00 bits per heavy atom. The number of aliphatic hydroxyl groups excluding tert-OH is 1. The summed E-state index contributed by atoms with van der Waals surface area (Å²) < 4.78 is 6.66. The maximum absolute atomic E-state index is 14.2. The number of carbonyl (C=O) groups is 5. The monoisotopic (exact) mass is 683 g/mol. The van der Waals surface area contributed by atoms with Gasteiger partial charge in [-0.1, -0.05) is 78.9 Å². The Hall–Kier alpha value is -5.49. The first-order valence-electron chi connectivity index (χ1n) is 16.4. The summed E-state index contributed by atoms with van der Waals surface area (Å²) in [7, 11) is 1.66. The average Bonchev–Trinajstić information content (AvgIpc) is 3.43. The molecule has 4 atom stereocenters. The van der Waals surface area contributed by atoms with Crippen molar-refractivity contribution in [2.45, 2.75) is 76.9 Å². The molecule has 12 heteroatoms. The fourth-order valence-electron chi connectivity index (χ4n) is 5.58. The lowest BCUT2D eigenvalue weighted by Gasteiger charge is -2.29. The quantitative estimate of drug-likeness (QED) is 0.148. The summed E-state index contributed by atoms with van der Waals surface area (Å²) in [5.41, 5.74) is 2.04. The number of ether oxygens (including phenoxy) is 1. The predicted molar refractivity (Wildman–Crippen MR) is 190 cm³/mol. The van der Waals surface area contributed by atoms with Crippen molar-refractivity contribution in [2.75, 3.05) is 7.05 Å². The molecule has 0 aliphatic heterocycles. The van der Waals surface area contributed by atoms with Gasteiger partial charge < -0.3 is 30.7 Å². The van der Waals surface area contributed by atoms with Gasteiger partial charge in [0.2, 0.25) is 24.1 Å². The number of hydrogen-bond acceptors (Lipinski definition) is 7. The highest BCUT2D eigenvalue weighted by molar-refractivity contribution is 5.95. The SMILES string of the molecule is C[C@@H](O)[C@H](NC(=O)OC(C)(C)C)C(=O)N[C@H](Cc1cn(C=O)c2ccccc12)C(=O)N[C@@H](Cc1ccccc1)C(=O)N(C)Cc1ccccc1. The summed E-state index contributed by atoms with van der Waals surface area (Å²) in [5.74, 6) is -1.87. The Kier molecular flexibility index (Phi) is 12.5. The number of aliphatic hydroxyl groups is 1. The number of hydrogen-bond donors (Lipinski definition) is 4. The van der Waals surface area contributed by atoms with Crippen molar-refractivity contribution in [3.8, 4) is 0 Å². The van der Waals surface area contributed by atoms with E-state index in [2.05, 4.69) is 16.0 Å². The number of nitrogens with one attached hydrogen (secondary N) is 3. The van der Waals surface area contributed by atoms with Gasteiger partial charge in [-0.25, -0.2) is 4.79 Å². The van der Waals surface area contributed by atoms with Crippen LogP contribution in [0.25, 0.3) is 10.9 Å². The number of fused-ring (bicyclic) bond motifs is 1. The highest BCUT2D eigenvalue weighted by Gasteiger charge is 2.34. The van der Waals surface area contributed by atoms with Gasteiger partial charge in [-0.3, -0.25) is 23.7 Å². The first kappa shape index (κ1) is 37.3. The molecule has 0 aliphatic rings. The lowest BCUT2D eigenvalue weighted by molar-refractivity contribution is -0.137. The van der Waals surface area contributed by atoms with Crippen LogP contribution >= 0.6 is 0 Å². The van der Waals surface area contributed by atoms with E-state index < -0.39 is 47.7 Å². The second-order valence-electron chi connectivity index (χ2n) is 13.2. The second kappa shape index (κ2) is 16.8. The minimum Gasteiger partial charge on any atom is -0.444 e. The second-order valence-corrected chi connectivity index (χ2v) is 13.2. The molecular weight excluding hydrogens is 638 g/mol. The Morgan fingerprint density at radius 1 is 0.820 bits per heavy atom. The standard InChI is InChI=1S/C38H45N5O7/c1-25(45)33(41-37(49)50-38(2,3)4)35(47)39-30(21-28-23-43(24-44)32-19-13-12-18-29(28)32)34(46)40-31(20-26-14-8-6-9-15-26)36(48)42(5)22-27-16-10-7-11-17-27/h6-19,23-25,30-31,33,45H,20-22H2,1-5H3,(H,39,47)(H,40,46)(H,41,49)/t25-,30-,31+,33+/m1/s1. The van der Waals surface area contributed by atoms with E-state index in [1.54, 1.807) is 58.3 Å². The lowest BCUT2D eigenvalue weighted by Crippen LogP contribution is -2.59. The molecule has 0 saturated heterocycles. The van der Waals surface area contributed by atoms with Gasteiger partial charge in [0, 0.05) is 38.0 Å². The van der Waals surface area contributed by atoms with Gasteiger partial charge >= 0.3 is 6.09 Å². The van der Waals surface area contributed by atoms with E-state index in [1.807, 2.05) is 60.7 Å². The minimum atomic E-state index is -1.48. The zero-order chi connectivity index (χ0) is 36.4. The van der Waals surface area contributed by atoms with Crippen molar-refractivity contribution >= 4 is 41.1 Å². The number of carbonyl (C=O) groups excluding carboxylic acids is 5. The van der Waals surface area contributed by atoms with E-state index in [-0.39, 0.29) is 18.7 Å². The largest absolute Gasteiger partial charge is 0.444 e. The topological polar surface area (TPSA) is 159 Å². The predicted octanol–water partition coefficient (Wildman–Crippen LogP) is 3.37. The Labute approximate surface area is 291 Å². The van der Waals surface area contributed by atoms with Gasteiger partial charge in [0.1, 0.15) is 23.7 Å². The number of amides is 4. The Morgan fingerprint density at radius 2 is 1.40 bits per heavy atom. The van der Waals surface area contributed by atoms with Gasteiger partial charge in [-0.15, -0.1) is 0 Å². The number of aromatic nitrogens is 1. The van der Waals surface area contributed by atoms with E-state index in [1.165, 1.54) is 16.4 Å². The molecule has 4 N–H and O–H groups in total. The number of alkyl carbamates (subject to hydrolysis) is 1. The number of para-hydroxylation sites is 1. The van der Waals surface area contributed by atoms with Crippen LogP contribution in [0.1, 0.15) is 44.4 Å². The average molecular weight is 684 g/mol. The summed E-state index contributed by atoms with van der Waals surface area (Å²) in [6, 6.07) is 22.0. The molecule has 0 bridgehead atoms.